The smallest absolute Gasteiger partial charge is 0.155 e. The molecule has 13 heavy (non-hydrogen) atoms. The predicted molar refractivity (Wildman–Crippen MR) is 51.8 cm³/mol. The van der Waals surface area contributed by atoms with Gasteiger partial charge in [-0.2, -0.15) is 0 Å². The van der Waals surface area contributed by atoms with Crippen LogP contribution in [0.3, 0.4) is 0 Å². The summed E-state index contributed by atoms with van der Waals surface area (Å²) in [5, 5.41) is 0. The van der Waals surface area contributed by atoms with Crippen LogP contribution in [-0.2, 0) is 0 Å². The minimum Gasteiger partial charge on any atom is -0.494 e. The summed E-state index contributed by atoms with van der Waals surface area (Å²) in [5.74, 6) is 2.55. The monoisotopic (exact) mass is 180 g/mol. The predicted octanol–water partition coefficient (Wildman–Crippen LogP) is 2.24. The summed E-state index contributed by atoms with van der Waals surface area (Å²) >= 11 is 0. The molecule has 1 heterocycles. The van der Waals surface area contributed by atoms with Gasteiger partial charge in [0.25, 0.3) is 0 Å². The summed E-state index contributed by atoms with van der Waals surface area (Å²) in [5.41, 5.74) is 0. The third-order valence-electron chi connectivity index (χ3n) is 2.29. The molecule has 0 aromatic carbocycles. The van der Waals surface area contributed by atoms with Gasteiger partial charge in [-0.1, -0.05) is 20.8 Å². The van der Waals surface area contributed by atoms with Crippen LogP contribution in [0.2, 0.25) is 0 Å². The van der Waals surface area contributed by atoms with E-state index in [-0.39, 0.29) is 0 Å². The van der Waals surface area contributed by atoms with E-state index in [1.54, 1.807) is 19.5 Å². The lowest BCUT2D eigenvalue weighted by molar-refractivity contribution is 0.408. The quantitative estimate of drug-likeness (QED) is 0.715. The number of nitrogens with zero attached hydrogens (tertiary/aromatic N) is 2. The topological polar surface area (TPSA) is 35.0 Å². The van der Waals surface area contributed by atoms with E-state index in [0.29, 0.717) is 17.6 Å². The zero-order valence-corrected chi connectivity index (χ0v) is 8.61. The second-order valence-electron chi connectivity index (χ2n) is 3.51. The average molecular weight is 180 g/mol. The molecule has 1 aromatic rings. The van der Waals surface area contributed by atoms with Crippen molar-refractivity contribution in [2.24, 2.45) is 5.92 Å². The lowest BCUT2D eigenvalue weighted by atomic mass is 9.97. The van der Waals surface area contributed by atoms with Crippen molar-refractivity contribution in [1.82, 2.24) is 9.97 Å². The van der Waals surface area contributed by atoms with Crippen molar-refractivity contribution < 1.29 is 4.74 Å². The van der Waals surface area contributed by atoms with Crippen LogP contribution in [-0.4, -0.2) is 17.1 Å². The van der Waals surface area contributed by atoms with Gasteiger partial charge in [-0.15, -0.1) is 0 Å². The van der Waals surface area contributed by atoms with Gasteiger partial charge in [-0.05, 0) is 5.92 Å². The second kappa shape index (κ2) is 4.21. The molecule has 0 spiro atoms. The molecule has 0 saturated carbocycles. The van der Waals surface area contributed by atoms with Crippen LogP contribution < -0.4 is 4.74 Å². The maximum absolute atomic E-state index is 4.98. The largest absolute Gasteiger partial charge is 0.494 e. The highest BCUT2D eigenvalue weighted by atomic mass is 16.5. The summed E-state index contributed by atoms with van der Waals surface area (Å²) in [7, 11) is 1.62. The molecule has 3 nitrogen and oxygen atoms in total. The molecule has 1 aromatic heterocycles. The highest BCUT2D eigenvalue weighted by Crippen LogP contribution is 2.20. The van der Waals surface area contributed by atoms with Crippen LogP contribution in [0.15, 0.2) is 12.4 Å². The van der Waals surface area contributed by atoms with Crippen molar-refractivity contribution in [3.63, 3.8) is 0 Å². The summed E-state index contributed by atoms with van der Waals surface area (Å²) in [6.45, 7) is 6.46. The first-order valence-corrected chi connectivity index (χ1v) is 4.51. The van der Waals surface area contributed by atoms with Crippen molar-refractivity contribution in [3.05, 3.63) is 18.2 Å². The fourth-order valence-electron chi connectivity index (χ4n) is 0.965. The Labute approximate surface area is 79.2 Å². The number of ether oxygens (including phenoxy) is 1. The Bertz CT molecular complexity index is 256. The first-order chi connectivity index (χ1) is 6.15. The summed E-state index contributed by atoms with van der Waals surface area (Å²) in [4.78, 5) is 8.47. The van der Waals surface area contributed by atoms with Gasteiger partial charge in [0.1, 0.15) is 5.82 Å². The van der Waals surface area contributed by atoms with Crippen LogP contribution in [0.5, 0.6) is 5.75 Å². The summed E-state index contributed by atoms with van der Waals surface area (Å²) in [6, 6.07) is 0. The molecule has 0 aliphatic carbocycles. The van der Waals surface area contributed by atoms with Gasteiger partial charge in [-0.25, -0.2) is 9.97 Å². The van der Waals surface area contributed by atoms with E-state index < -0.39 is 0 Å². The Hall–Kier alpha value is -1.12. The number of rotatable bonds is 3. The normalized spacial score (nSPS) is 13.0. The highest BCUT2D eigenvalue weighted by molar-refractivity contribution is 5.13. The van der Waals surface area contributed by atoms with Crippen molar-refractivity contribution in [2.75, 3.05) is 7.11 Å². The van der Waals surface area contributed by atoms with Gasteiger partial charge in [-0.3, -0.25) is 0 Å². The molecule has 0 amide bonds. The second-order valence-corrected chi connectivity index (χ2v) is 3.51. The van der Waals surface area contributed by atoms with E-state index in [1.165, 1.54) is 0 Å². The van der Waals surface area contributed by atoms with Crippen LogP contribution >= 0.6 is 0 Å². The van der Waals surface area contributed by atoms with E-state index >= 15 is 0 Å². The molecule has 1 unspecified atom stereocenters. The van der Waals surface area contributed by atoms with Crippen molar-refractivity contribution >= 4 is 0 Å². The van der Waals surface area contributed by atoms with Gasteiger partial charge in [0, 0.05) is 5.92 Å². The molecule has 1 atom stereocenters. The molecule has 0 aliphatic heterocycles. The van der Waals surface area contributed by atoms with E-state index in [4.69, 9.17) is 4.74 Å². The maximum Gasteiger partial charge on any atom is 0.155 e. The Balaban J connectivity index is 2.79. The van der Waals surface area contributed by atoms with Crippen molar-refractivity contribution in [2.45, 2.75) is 26.7 Å². The molecular weight excluding hydrogens is 164 g/mol. The SMILES string of the molecule is COc1cnc(C(C)C(C)C)nc1. The van der Waals surface area contributed by atoms with Gasteiger partial charge < -0.3 is 4.74 Å². The van der Waals surface area contributed by atoms with Crippen LogP contribution in [0, 0.1) is 5.92 Å². The Morgan fingerprint density at radius 1 is 1.15 bits per heavy atom. The number of hydrogen-bond acceptors (Lipinski definition) is 3. The van der Waals surface area contributed by atoms with E-state index in [0.717, 1.165) is 5.82 Å². The molecule has 72 valence electrons. The molecule has 0 bridgehead atoms. The average Bonchev–Trinajstić information content (AvgIpc) is 2.17. The number of hydrogen-bond donors (Lipinski definition) is 0. The Morgan fingerprint density at radius 3 is 2.08 bits per heavy atom. The Kier molecular flexibility index (Phi) is 3.23. The minimum absolute atomic E-state index is 0.394. The number of methoxy groups -OCH3 is 1. The highest BCUT2D eigenvalue weighted by Gasteiger charge is 2.12. The van der Waals surface area contributed by atoms with E-state index in [2.05, 4.69) is 30.7 Å². The zero-order valence-electron chi connectivity index (χ0n) is 8.61. The molecule has 0 radical (unpaired) electrons. The molecule has 1 rings (SSSR count). The Morgan fingerprint density at radius 2 is 1.69 bits per heavy atom. The van der Waals surface area contributed by atoms with E-state index in [1.807, 2.05) is 0 Å². The fraction of sp³-hybridized carbons (Fsp3) is 0.600. The fourth-order valence-corrected chi connectivity index (χ4v) is 0.965. The third kappa shape index (κ3) is 2.41. The van der Waals surface area contributed by atoms with Gasteiger partial charge >= 0.3 is 0 Å². The van der Waals surface area contributed by atoms with Crippen molar-refractivity contribution in [1.29, 1.82) is 0 Å². The molecule has 0 saturated heterocycles. The van der Waals surface area contributed by atoms with Gasteiger partial charge in [0.05, 0.1) is 19.5 Å². The van der Waals surface area contributed by atoms with Crippen molar-refractivity contribution in [3.8, 4) is 5.75 Å². The lowest BCUT2D eigenvalue weighted by Gasteiger charge is -2.13. The van der Waals surface area contributed by atoms with Crippen LogP contribution in [0.1, 0.15) is 32.5 Å². The summed E-state index contributed by atoms with van der Waals surface area (Å²) in [6.07, 6.45) is 3.42. The molecule has 0 fully saturated rings. The molecular formula is C10H16N2O. The maximum atomic E-state index is 4.98. The molecule has 3 heteroatoms. The lowest BCUT2D eigenvalue weighted by Crippen LogP contribution is -2.06. The number of aromatic nitrogens is 2. The molecule has 0 N–H and O–H groups in total. The van der Waals surface area contributed by atoms with Crippen LogP contribution in [0.25, 0.3) is 0 Å². The first-order valence-electron chi connectivity index (χ1n) is 4.51. The van der Waals surface area contributed by atoms with Gasteiger partial charge in [0.2, 0.25) is 0 Å². The van der Waals surface area contributed by atoms with E-state index in [9.17, 15) is 0 Å². The zero-order chi connectivity index (χ0) is 9.84. The summed E-state index contributed by atoms with van der Waals surface area (Å²) < 4.78 is 4.98. The standard InChI is InChI=1S/C10H16N2O/c1-7(2)8(3)10-11-5-9(13-4)6-12-10/h5-8H,1-4H3. The minimum atomic E-state index is 0.394. The third-order valence-corrected chi connectivity index (χ3v) is 2.29. The first kappa shape index (κ1) is 9.96. The van der Waals surface area contributed by atoms with Crippen LogP contribution in [0.4, 0.5) is 0 Å². The van der Waals surface area contributed by atoms with Gasteiger partial charge in [0.15, 0.2) is 5.75 Å². The molecule has 0 aliphatic rings.